The third kappa shape index (κ3) is 4.51. The number of benzene rings is 1. The smallest absolute Gasteiger partial charge is 0.242 e. The number of rotatable bonds is 6. The maximum atomic E-state index is 13.5. The molecule has 0 atom stereocenters. The number of hydrogen-bond donors (Lipinski definition) is 2. The van der Waals surface area contributed by atoms with Crippen molar-refractivity contribution in [2.24, 2.45) is 5.73 Å². The van der Waals surface area contributed by atoms with Crippen molar-refractivity contribution in [2.45, 2.75) is 6.54 Å². The zero-order valence-electron chi connectivity index (χ0n) is 11.5. The van der Waals surface area contributed by atoms with Crippen LogP contribution in [0.2, 0.25) is 0 Å². The molecule has 2 amide bonds. The lowest BCUT2D eigenvalue weighted by Crippen LogP contribution is -2.40. The minimum Gasteiger partial charge on any atom is -0.494 e. The van der Waals surface area contributed by atoms with Crippen molar-refractivity contribution in [2.75, 3.05) is 27.2 Å². The lowest BCUT2D eigenvalue weighted by molar-refractivity contribution is -0.131. The molecule has 1 rings (SSSR count). The van der Waals surface area contributed by atoms with E-state index in [2.05, 4.69) is 5.32 Å². The molecule has 0 fully saturated rings. The zero-order valence-corrected chi connectivity index (χ0v) is 11.5. The summed E-state index contributed by atoms with van der Waals surface area (Å²) in [5.41, 5.74) is 5.74. The van der Waals surface area contributed by atoms with Gasteiger partial charge in [0.15, 0.2) is 11.6 Å². The van der Waals surface area contributed by atoms with Crippen LogP contribution >= 0.6 is 0 Å². The molecule has 0 saturated carbocycles. The number of nitrogens with two attached hydrogens (primary N) is 1. The van der Waals surface area contributed by atoms with E-state index in [-0.39, 0.29) is 31.3 Å². The summed E-state index contributed by atoms with van der Waals surface area (Å²) >= 11 is 0. The summed E-state index contributed by atoms with van der Waals surface area (Å²) in [7, 11) is 2.95. The Kier molecular flexibility index (Phi) is 5.92. The van der Waals surface area contributed by atoms with Gasteiger partial charge in [-0.15, -0.1) is 0 Å². The van der Waals surface area contributed by atoms with E-state index < -0.39 is 11.7 Å². The Hall–Kier alpha value is -2.15. The molecule has 0 aliphatic heterocycles. The number of methoxy groups -OCH3 is 1. The van der Waals surface area contributed by atoms with Gasteiger partial charge in [-0.3, -0.25) is 9.59 Å². The first-order chi connectivity index (χ1) is 9.47. The number of nitrogens with one attached hydrogen (secondary N) is 1. The van der Waals surface area contributed by atoms with Gasteiger partial charge in [-0.2, -0.15) is 0 Å². The molecule has 0 radical (unpaired) electrons. The Bertz CT molecular complexity index is 494. The van der Waals surface area contributed by atoms with Crippen LogP contribution in [0, 0.1) is 5.82 Å². The van der Waals surface area contributed by atoms with Gasteiger partial charge < -0.3 is 20.7 Å². The second-order valence-electron chi connectivity index (χ2n) is 4.20. The lowest BCUT2D eigenvalue weighted by atomic mass is 10.2. The van der Waals surface area contributed by atoms with Gasteiger partial charge in [0.25, 0.3) is 0 Å². The summed E-state index contributed by atoms with van der Waals surface area (Å²) in [6, 6.07) is 4.48. The summed E-state index contributed by atoms with van der Waals surface area (Å²) in [5, 5.41) is 2.38. The fraction of sp³-hybridized carbons (Fsp3) is 0.385. The number of halogens is 1. The van der Waals surface area contributed by atoms with Crippen molar-refractivity contribution in [1.82, 2.24) is 10.2 Å². The molecular formula is C13H18FN3O3. The highest BCUT2D eigenvalue weighted by Crippen LogP contribution is 2.18. The number of hydrogen-bond acceptors (Lipinski definition) is 4. The topological polar surface area (TPSA) is 84.7 Å². The molecule has 1 aromatic rings. The van der Waals surface area contributed by atoms with Crippen LogP contribution in [0.3, 0.4) is 0 Å². The number of carbonyl (C=O) groups excluding carboxylic acids is 2. The minimum absolute atomic E-state index is 0.134. The first-order valence-corrected chi connectivity index (χ1v) is 6.01. The molecule has 0 heterocycles. The standard InChI is InChI=1S/C13H18FN3O3/c1-17(13(19)7-16-12(18)6-15)8-9-3-4-11(20-2)10(14)5-9/h3-5H,6-8,15H2,1-2H3,(H,16,18). The monoisotopic (exact) mass is 283 g/mol. The van der Waals surface area contributed by atoms with E-state index in [4.69, 9.17) is 10.5 Å². The van der Waals surface area contributed by atoms with Crippen LogP contribution in [-0.2, 0) is 16.1 Å². The highest BCUT2D eigenvalue weighted by molar-refractivity contribution is 5.85. The van der Waals surface area contributed by atoms with Crippen LogP contribution in [0.1, 0.15) is 5.56 Å². The minimum atomic E-state index is -0.484. The predicted molar refractivity (Wildman–Crippen MR) is 71.5 cm³/mol. The van der Waals surface area contributed by atoms with Crippen LogP contribution in [0.5, 0.6) is 5.75 Å². The number of nitrogens with zero attached hydrogens (tertiary/aromatic N) is 1. The highest BCUT2D eigenvalue weighted by atomic mass is 19.1. The van der Waals surface area contributed by atoms with E-state index >= 15 is 0 Å². The van der Waals surface area contributed by atoms with Crippen LogP contribution < -0.4 is 15.8 Å². The van der Waals surface area contributed by atoms with Gasteiger partial charge in [-0.25, -0.2) is 4.39 Å². The number of amides is 2. The summed E-state index contributed by atoms with van der Waals surface area (Å²) in [4.78, 5) is 24.1. The summed E-state index contributed by atoms with van der Waals surface area (Å²) in [5.74, 6) is -1.02. The summed E-state index contributed by atoms with van der Waals surface area (Å²) < 4.78 is 18.3. The Morgan fingerprint density at radius 1 is 1.45 bits per heavy atom. The molecule has 0 spiro atoms. The number of likely N-dealkylation sites (N-methyl/N-ethyl adjacent to an activating group) is 1. The molecule has 1 aromatic carbocycles. The Labute approximate surface area is 116 Å². The SMILES string of the molecule is COc1ccc(CN(C)C(=O)CNC(=O)CN)cc1F. The highest BCUT2D eigenvalue weighted by Gasteiger charge is 2.11. The molecule has 0 bridgehead atoms. The fourth-order valence-electron chi connectivity index (χ4n) is 1.55. The Balaban J connectivity index is 2.57. The normalized spacial score (nSPS) is 10.0. The first kappa shape index (κ1) is 15.9. The van der Waals surface area contributed by atoms with Gasteiger partial charge in [0.05, 0.1) is 20.2 Å². The van der Waals surface area contributed by atoms with Crippen molar-refractivity contribution >= 4 is 11.8 Å². The van der Waals surface area contributed by atoms with Crippen LogP contribution in [-0.4, -0.2) is 44.0 Å². The first-order valence-electron chi connectivity index (χ1n) is 6.01. The van der Waals surface area contributed by atoms with E-state index in [1.54, 1.807) is 13.1 Å². The number of carbonyl (C=O) groups is 2. The van der Waals surface area contributed by atoms with Crippen molar-refractivity contribution in [3.8, 4) is 5.75 Å². The van der Waals surface area contributed by atoms with E-state index in [1.807, 2.05) is 0 Å². The molecule has 3 N–H and O–H groups in total. The molecule has 6 nitrogen and oxygen atoms in total. The summed E-state index contributed by atoms with van der Waals surface area (Å²) in [6.07, 6.45) is 0. The van der Waals surface area contributed by atoms with Gasteiger partial charge >= 0.3 is 0 Å². The van der Waals surface area contributed by atoms with Crippen LogP contribution in [0.15, 0.2) is 18.2 Å². The molecule has 110 valence electrons. The summed E-state index contributed by atoms with van der Waals surface area (Å²) in [6.45, 7) is -0.0654. The average Bonchev–Trinajstić information content (AvgIpc) is 2.44. The van der Waals surface area contributed by atoms with Gasteiger partial charge in [-0.1, -0.05) is 6.07 Å². The van der Waals surface area contributed by atoms with Gasteiger partial charge in [0, 0.05) is 13.6 Å². The molecule has 0 unspecified atom stereocenters. The quantitative estimate of drug-likeness (QED) is 0.761. The second kappa shape index (κ2) is 7.44. The molecule has 20 heavy (non-hydrogen) atoms. The maximum absolute atomic E-state index is 13.5. The van der Waals surface area contributed by atoms with Crippen molar-refractivity contribution in [3.63, 3.8) is 0 Å². The van der Waals surface area contributed by atoms with Gasteiger partial charge in [0.1, 0.15) is 0 Å². The van der Waals surface area contributed by atoms with Gasteiger partial charge in [-0.05, 0) is 17.7 Å². The largest absolute Gasteiger partial charge is 0.494 e. The second-order valence-corrected chi connectivity index (χ2v) is 4.20. The molecule has 0 aliphatic rings. The molecular weight excluding hydrogens is 265 g/mol. The maximum Gasteiger partial charge on any atom is 0.242 e. The molecule has 7 heteroatoms. The van der Waals surface area contributed by atoms with Crippen LogP contribution in [0.25, 0.3) is 0 Å². The van der Waals surface area contributed by atoms with E-state index in [0.717, 1.165) is 0 Å². The molecule has 0 saturated heterocycles. The van der Waals surface area contributed by atoms with Crippen LogP contribution in [0.4, 0.5) is 4.39 Å². The van der Waals surface area contributed by atoms with Crippen molar-refractivity contribution in [1.29, 1.82) is 0 Å². The van der Waals surface area contributed by atoms with Gasteiger partial charge in [0.2, 0.25) is 11.8 Å². The van der Waals surface area contributed by atoms with Crippen molar-refractivity contribution < 1.29 is 18.7 Å². The number of ether oxygens (including phenoxy) is 1. The molecule has 0 aromatic heterocycles. The molecule has 0 aliphatic carbocycles. The Morgan fingerprint density at radius 2 is 2.15 bits per heavy atom. The third-order valence-electron chi connectivity index (χ3n) is 2.68. The third-order valence-corrected chi connectivity index (χ3v) is 2.68. The predicted octanol–water partition coefficient (Wildman–Crippen LogP) is -0.132. The zero-order chi connectivity index (χ0) is 15.1. The van der Waals surface area contributed by atoms with E-state index in [9.17, 15) is 14.0 Å². The van der Waals surface area contributed by atoms with E-state index in [0.29, 0.717) is 5.56 Å². The fourth-order valence-corrected chi connectivity index (χ4v) is 1.55. The average molecular weight is 283 g/mol. The Morgan fingerprint density at radius 3 is 2.70 bits per heavy atom. The lowest BCUT2D eigenvalue weighted by Gasteiger charge is -2.18. The van der Waals surface area contributed by atoms with Crippen molar-refractivity contribution in [3.05, 3.63) is 29.6 Å². The van der Waals surface area contributed by atoms with E-state index in [1.165, 1.54) is 24.1 Å².